The molecule has 8 unspecified atom stereocenters. The van der Waals surface area contributed by atoms with E-state index in [4.69, 9.17) is 71.6 Å². The molecule has 132 heavy (non-hydrogen) atoms. The van der Waals surface area contributed by atoms with Crippen LogP contribution in [0.4, 0.5) is 0 Å². The zero-order valence-electron chi connectivity index (χ0n) is 75.4. The van der Waals surface area contributed by atoms with Crippen LogP contribution in [0.1, 0.15) is 174 Å². The van der Waals surface area contributed by atoms with Crippen LogP contribution in [0.3, 0.4) is 0 Å². The van der Waals surface area contributed by atoms with Gasteiger partial charge in [0.15, 0.2) is 22.4 Å². The van der Waals surface area contributed by atoms with Gasteiger partial charge in [-0.3, -0.25) is 43.7 Å². The summed E-state index contributed by atoms with van der Waals surface area (Å²) < 4.78 is 44.0. The van der Waals surface area contributed by atoms with Gasteiger partial charge in [0.2, 0.25) is 17.7 Å². The Morgan fingerprint density at radius 3 is 1.04 bits per heavy atom. The molecule has 0 aliphatic rings. The number of hydrogen-bond donors (Lipinski definition) is 14. The number of aromatic hydroxyl groups is 1. The van der Waals surface area contributed by atoms with Crippen LogP contribution in [0.15, 0.2) is 146 Å². The number of carbonyl (C=O) groups is 10. The summed E-state index contributed by atoms with van der Waals surface area (Å²) in [4.78, 5) is 115. The third-order valence-corrected chi connectivity index (χ3v) is 19.0. The highest BCUT2D eigenvalue weighted by Gasteiger charge is 2.49. The molecule has 6 aromatic carbocycles. The Labute approximate surface area is 775 Å². The molecule has 36 nitrogen and oxygen atoms in total. The first kappa shape index (κ1) is 125. The molecule has 0 aromatic heterocycles. The van der Waals surface area contributed by atoms with E-state index in [1.807, 2.05) is 140 Å². The van der Waals surface area contributed by atoms with Gasteiger partial charge in [-0.25, -0.2) is 21.0 Å². The van der Waals surface area contributed by atoms with Crippen LogP contribution < -0.4 is 51.1 Å². The third kappa shape index (κ3) is 48.2. The molecule has 6 aromatic rings. The Balaban J connectivity index is -0.000000730. The van der Waals surface area contributed by atoms with E-state index in [2.05, 4.69) is 30.3 Å². The number of phenols is 1. The van der Waals surface area contributed by atoms with Crippen molar-refractivity contribution in [3.8, 4) is 46.6 Å². The van der Waals surface area contributed by atoms with E-state index in [-0.39, 0.29) is 72.9 Å². The number of carboxylic acids is 2. The lowest BCUT2D eigenvalue weighted by Gasteiger charge is -2.30. The minimum atomic E-state index is -2.29. The standard InChI is InChI=1S/C18H22N2O5.C16H22N2O4.C15H23NO5.C14H21NO5.C12H16O3.C11H14O3.C7H10N2O3.3CH4/c1-4-25-17(23)18(12-19,20-13(2)21)16(22)7-5-6-14-8-10-15(24-3)11-9-14;1-12(20)18-16(10-17,11-19)15(21)5-3-4-13-6-8-14(22-2)9-7-13;1-20-12-8-6-11(7-9-12)4-3-5-13(18)15(16,10-17)14(19)21-2;1-20-11-7-5-10(6-8-11)3-2-4-12(17)14(15,9-16)13(18)19;1-2-15-12(14)5-3-4-10-6-8-11(13)9-7-10;1-14-10-7-5-9(6-8-10)3-2-4-11(12)13;1-4-12-7(11)6(8-3)9-5(2)10;;;/h8-11H,4-7H2,1-3H3,(H,20,21);6-9,15,19,21H,3-5,11H2,1-2H3,(H,18,20);6-9,13,17-18H,3-5,10,16H2,1-2H3;5-8,12,16-17H,2-4,9,15H2,1H3,(H,18,19);6-9,13H,2-5H2,1H3;5-8H,2-4H2,1H3,(H,12,13);6H,4H2,1-2H3,(H,9,10);3*1H4. The first-order valence-electron chi connectivity index (χ1n) is 41.3. The number of methoxy groups -OCH3 is 6. The average Bonchev–Trinajstić information content (AvgIpc) is 0.810. The van der Waals surface area contributed by atoms with Gasteiger partial charge >= 0.3 is 42.0 Å². The van der Waals surface area contributed by atoms with Crippen molar-refractivity contribution in [2.45, 2.75) is 226 Å². The predicted octanol–water partition coefficient (Wildman–Crippen LogP) is 8.93. The van der Waals surface area contributed by atoms with Crippen molar-refractivity contribution in [2.75, 3.05) is 82.3 Å². The number of aliphatic hydroxyl groups is 6. The summed E-state index contributed by atoms with van der Waals surface area (Å²) in [5.74, 6) is -2.96. The zero-order chi connectivity index (χ0) is 97.6. The first-order chi connectivity index (χ1) is 61.3. The number of carbonyl (C=O) groups excluding carboxylic acids is 8. The minimum absolute atomic E-state index is 0. The maximum atomic E-state index is 12.5. The number of nitrogens with one attached hydrogen (secondary N) is 3. The smallest absolute Gasteiger partial charge is 0.413 e. The normalized spacial score (nSPS) is 12.7. The molecule has 0 saturated carbocycles. The fraction of sp³-hybridized carbons (Fsp3) is 0.490. The molecule has 0 aliphatic carbocycles. The Morgan fingerprint density at radius 1 is 0.432 bits per heavy atom. The molecule has 3 amide bonds. The molecule has 0 aliphatic heterocycles. The summed E-state index contributed by atoms with van der Waals surface area (Å²) in [6.45, 7) is 13.7. The van der Waals surface area contributed by atoms with Crippen LogP contribution in [-0.4, -0.2) is 234 Å². The first-order valence-corrected chi connectivity index (χ1v) is 41.3. The average molecular weight is 1850 g/mol. The zero-order valence-corrected chi connectivity index (χ0v) is 75.4. The Kier molecular flexibility index (Phi) is 66.6. The number of phenolic OH excluding ortho intramolecular Hbond substituents is 1. The number of amides is 3. The molecule has 0 spiro atoms. The van der Waals surface area contributed by atoms with Crippen LogP contribution in [0.25, 0.3) is 4.85 Å². The number of nitrogens with zero attached hydrogens (tertiary/aromatic N) is 3. The molecule has 0 bridgehead atoms. The van der Waals surface area contributed by atoms with Crippen molar-refractivity contribution in [3.63, 3.8) is 0 Å². The van der Waals surface area contributed by atoms with E-state index in [0.29, 0.717) is 70.8 Å². The lowest BCUT2D eigenvalue weighted by atomic mass is 9.90. The van der Waals surface area contributed by atoms with Crippen LogP contribution in [0.5, 0.6) is 34.5 Å². The fourth-order valence-electron chi connectivity index (χ4n) is 11.6. The molecule has 0 saturated heterocycles. The second-order valence-electron chi connectivity index (χ2n) is 28.7. The van der Waals surface area contributed by atoms with Gasteiger partial charge in [-0.05, 0) is 223 Å². The summed E-state index contributed by atoms with van der Waals surface area (Å²) in [5.41, 5.74) is 9.99. The van der Waals surface area contributed by atoms with E-state index in [1.165, 1.54) is 21.0 Å². The molecular weight excluding hydrogens is 1710 g/mol. The highest BCUT2D eigenvalue weighted by Crippen LogP contribution is 2.24. The monoisotopic (exact) mass is 1850 g/mol. The van der Waals surface area contributed by atoms with Crippen molar-refractivity contribution in [3.05, 3.63) is 190 Å². The number of nitrogens with two attached hydrogens (primary N) is 2. The van der Waals surface area contributed by atoms with Gasteiger partial charge in [0.1, 0.15) is 40.6 Å². The number of Topliss-reactive ketones (excluding diaryl/α,β-unsaturated/α-hetero) is 1. The number of hydrogen-bond acceptors (Lipinski definition) is 30. The van der Waals surface area contributed by atoms with Gasteiger partial charge in [-0.1, -0.05) is 95.1 Å². The van der Waals surface area contributed by atoms with E-state index in [9.17, 15) is 84.0 Å². The molecule has 732 valence electrons. The number of esters is 4. The lowest BCUT2D eigenvalue weighted by Crippen LogP contribution is -2.60. The Morgan fingerprint density at radius 2 is 0.758 bits per heavy atom. The summed E-state index contributed by atoms with van der Waals surface area (Å²) in [7, 11) is 9.17. The molecule has 8 atom stereocenters. The number of aliphatic carboxylic acids is 2. The number of aryl methyl sites for hydroxylation is 6. The highest BCUT2D eigenvalue weighted by atomic mass is 16.5. The predicted molar refractivity (Wildman–Crippen MR) is 495 cm³/mol. The fourth-order valence-corrected chi connectivity index (χ4v) is 11.6. The van der Waals surface area contributed by atoms with Crippen LogP contribution >= 0.6 is 0 Å². The van der Waals surface area contributed by atoms with Crippen molar-refractivity contribution >= 4 is 59.3 Å². The second-order valence-corrected chi connectivity index (χ2v) is 28.7. The van der Waals surface area contributed by atoms with Crippen LogP contribution in [0.2, 0.25) is 0 Å². The second kappa shape index (κ2) is 70.1. The largest absolute Gasteiger partial charge is 0.508 e. The number of carboxylic acid groups (broad SMARTS) is 2. The summed E-state index contributed by atoms with van der Waals surface area (Å²) in [5, 5.41) is 109. The molecule has 0 fully saturated rings. The van der Waals surface area contributed by atoms with Crippen molar-refractivity contribution in [2.24, 2.45) is 11.5 Å². The van der Waals surface area contributed by atoms with E-state index in [0.717, 1.165) is 94.7 Å². The number of nitriles is 2. The van der Waals surface area contributed by atoms with Gasteiger partial charge < -0.3 is 111 Å². The summed E-state index contributed by atoms with van der Waals surface area (Å²) in [6, 6.07) is 48.2. The number of aliphatic hydroxyl groups excluding tert-OH is 6. The number of rotatable bonds is 46. The number of ether oxygens (including phenoxy) is 9. The van der Waals surface area contributed by atoms with Crippen LogP contribution in [0, 0.1) is 29.2 Å². The lowest BCUT2D eigenvalue weighted by molar-refractivity contribution is -0.155. The van der Waals surface area contributed by atoms with E-state index in [1.54, 1.807) is 74.5 Å². The molecule has 0 heterocycles. The summed E-state index contributed by atoms with van der Waals surface area (Å²) in [6.07, 6.45) is 4.69. The highest BCUT2D eigenvalue weighted by molar-refractivity contribution is 6.14. The van der Waals surface area contributed by atoms with Crippen LogP contribution in [-0.2, 0) is 105 Å². The maximum Gasteiger partial charge on any atom is 0.413 e. The minimum Gasteiger partial charge on any atom is -0.508 e. The van der Waals surface area contributed by atoms with Crippen molar-refractivity contribution < 1.29 is 137 Å². The summed E-state index contributed by atoms with van der Waals surface area (Å²) >= 11 is 0. The van der Waals surface area contributed by atoms with Crippen molar-refractivity contribution in [1.82, 2.24) is 16.0 Å². The van der Waals surface area contributed by atoms with Gasteiger partial charge in [0.25, 0.3) is 5.54 Å². The van der Waals surface area contributed by atoms with E-state index < -0.39 is 120 Å². The quantitative estimate of drug-likeness (QED) is 0.00733. The van der Waals surface area contributed by atoms with E-state index >= 15 is 0 Å². The molecule has 16 N–H and O–H groups in total. The molecule has 36 heteroatoms. The SMILES string of the molecule is C.C.C.CCOC(=O)C(C#N)(NC(C)=O)C(=O)CCCc1ccc(OC)cc1.CCOC(=O)CCCc1ccc(O)cc1.COC(=O)C(N)(CO)C(O)CCCc1ccc(OC)cc1.COc1ccc(CCCC(=O)O)cc1.COc1ccc(CCCC(O)C(C#N)(CO)NC(C)=O)cc1.COc1ccc(CCCC(O)C(N)(CO)C(=O)O)cc1.[C-]#[N+]C(NC(C)=O)C(=O)OCC. The number of benzene rings is 6. The Bertz CT molecular complexity index is 4430. The van der Waals surface area contributed by atoms with Gasteiger partial charge in [0, 0.05) is 40.0 Å². The molecular formula is C96H140N8O28. The third-order valence-electron chi connectivity index (χ3n) is 19.0. The molecule has 6 rings (SSSR count). The van der Waals surface area contributed by atoms with Gasteiger partial charge in [0.05, 0.1) is 107 Å². The Hall–Kier alpha value is -12.8. The molecule has 0 radical (unpaired) electrons. The van der Waals surface area contributed by atoms with Gasteiger partial charge in [-0.15, -0.1) is 0 Å². The number of ketones is 1. The van der Waals surface area contributed by atoms with Crippen molar-refractivity contribution in [1.29, 1.82) is 10.5 Å². The topological polar surface area (TPSA) is 576 Å². The maximum absolute atomic E-state index is 12.5. The van der Waals surface area contributed by atoms with Gasteiger partial charge in [-0.2, -0.15) is 10.5 Å².